The number of phenols is 1. The van der Waals surface area contributed by atoms with Gasteiger partial charge in [0.05, 0.1) is 14.2 Å². The summed E-state index contributed by atoms with van der Waals surface area (Å²) in [6.07, 6.45) is 2.33. The Morgan fingerprint density at radius 1 is 1.10 bits per heavy atom. The van der Waals surface area contributed by atoms with Crippen LogP contribution >= 0.6 is 0 Å². The van der Waals surface area contributed by atoms with E-state index in [-0.39, 0.29) is 17.7 Å². The number of carbonyl (C=O) groups excluding carboxylic acids is 1. The van der Waals surface area contributed by atoms with Crippen LogP contribution in [0.4, 0.5) is 5.69 Å². The number of rotatable bonds is 7. The molecule has 0 atom stereocenters. The van der Waals surface area contributed by atoms with Gasteiger partial charge in [-0.2, -0.15) is 0 Å². The molecule has 1 saturated heterocycles. The first kappa shape index (κ1) is 21.0. The van der Waals surface area contributed by atoms with Gasteiger partial charge < -0.3 is 19.5 Å². The molecule has 2 aromatic rings. The van der Waals surface area contributed by atoms with E-state index in [1.54, 1.807) is 20.3 Å². The molecular formula is C23H30N2O4. The minimum absolute atomic E-state index is 0.150. The Morgan fingerprint density at radius 2 is 1.79 bits per heavy atom. The zero-order valence-electron chi connectivity index (χ0n) is 17.4. The summed E-state index contributed by atoms with van der Waals surface area (Å²) in [4.78, 5) is 17.0. The average molecular weight is 399 g/mol. The number of hydrogen-bond donors (Lipinski definition) is 1. The van der Waals surface area contributed by atoms with Crippen molar-refractivity contribution in [2.75, 3.05) is 32.2 Å². The van der Waals surface area contributed by atoms with Crippen LogP contribution in [0, 0.1) is 0 Å². The zero-order valence-corrected chi connectivity index (χ0v) is 17.4. The lowest BCUT2D eigenvalue weighted by atomic mass is 10.0. The molecule has 1 N–H and O–H groups in total. The number of aromatic hydroxyl groups is 1. The summed E-state index contributed by atoms with van der Waals surface area (Å²) in [7, 11) is 3.20. The molecule has 1 amide bonds. The smallest absolute Gasteiger partial charge is 0.226 e. The number of benzene rings is 2. The van der Waals surface area contributed by atoms with Gasteiger partial charge in [-0.1, -0.05) is 13.0 Å². The normalized spacial score (nSPS) is 15.1. The molecular weight excluding hydrogens is 368 g/mol. The largest absolute Gasteiger partial charge is 0.504 e. The molecule has 156 valence electrons. The quantitative estimate of drug-likeness (QED) is 0.768. The number of nitrogens with zero attached hydrogens (tertiary/aromatic N) is 2. The van der Waals surface area contributed by atoms with Crippen LogP contribution in [0.15, 0.2) is 42.5 Å². The molecule has 0 aliphatic carbocycles. The molecule has 3 rings (SSSR count). The highest BCUT2D eigenvalue weighted by Crippen LogP contribution is 2.29. The first-order chi connectivity index (χ1) is 14.0. The molecule has 1 heterocycles. The summed E-state index contributed by atoms with van der Waals surface area (Å²) >= 11 is 0. The molecule has 0 bridgehead atoms. The fourth-order valence-corrected chi connectivity index (χ4v) is 3.89. The number of anilines is 1. The Labute approximate surface area is 172 Å². The van der Waals surface area contributed by atoms with Crippen LogP contribution in [0.3, 0.4) is 0 Å². The lowest BCUT2D eigenvalue weighted by Gasteiger charge is -2.38. The minimum atomic E-state index is 0.150. The molecule has 0 unspecified atom stereocenters. The third-order valence-electron chi connectivity index (χ3n) is 5.49. The molecule has 0 saturated carbocycles. The van der Waals surface area contributed by atoms with Crippen molar-refractivity contribution in [1.82, 2.24) is 4.90 Å². The standard InChI is InChI=1S/C23H30N2O4/c1-4-23(27)25(18-6-8-20(28-2)9-7-18)19-11-13-24(14-12-19)16-17-5-10-21(26)22(15-17)29-3/h5-10,15,19,26H,4,11-14,16H2,1-3H3. The van der Waals surface area contributed by atoms with Crippen molar-refractivity contribution < 1.29 is 19.4 Å². The second-order valence-corrected chi connectivity index (χ2v) is 7.33. The Morgan fingerprint density at radius 3 is 2.38 bits per heavy atom. The van der Waals surface area contributed by atoms with E-state index < -0.39 is 0 Å². The molecule has 0 radical (unpaired) electrons. The van der Waals surface area contributed by atoms with Gasteiger partial charge in [-0.3, -0.25) is 9.69 Å². The lowest BCUT2D eigenvalue weighted by molar-refractivity contribution is -0.119. The van der Waals surface area contributed by atoms with Gasteiger partial charge in [0.25, 0.3) is 0 Å². The third kappa shape index (κ3) is 5.01. The zero-order chi connectivity index (χ0) is 20.8. The van der Waals surface area contributed by atoms with Crippen molar-refractivity contribution in [3.8, 4) is 17.2 Å². The van der Waals surface area contributed by atoms with E-state index in [2.05, 4.69) is 4.90 Å². The Bertz CT molecular complexity index is 814. The first-order valence-corrected chi connectivity index (χ1v) is 10.1. The summed E-state index contributed by atoms with van der Waals surface area (Å²) in [6.45, 7) is 4.54. The van der Waals surface area contributed by atoms with Gasteiger partial charge >= 0.3 is 0 Å². The maximum Gasteiger partial charge on any atom is 0.226 e. The Balaban J connectivity index is 1.65. The molecule has 1 fully saturated rings. The Hall–Kier alpha value is -2.73. The lowest BCUT2D eigenvalue weighted by Crippen LogP contribution is -2.47. The van der Waals surface area contributed by atoms with Crippen LogP contribution < -0.4 is 14.4 Å². The van der Waals surface area contributed by atoms with Crippen LogP contribution in [-0.4, -0.2) is 49.3 Å². The van der Waals surface area contributed by atoms with Crippen molar-refractivity contribution in [1.29, 1.82) is 0 Å². The van der Waals surface area contributed by atoms with Gasteiger partial charge in [-0.25, -0.2) is 0 Å². The van der Waals surface area contributed by atoms with E-state index in [1.807, 2.05) is 48.2 Å². The highest BCUT2D eigenvalue weighted by Gasteiger charge is 2.28. The number of likely N-dealkylation sites (tertiary alicyclic amines) is 1. The van der Waals surface area contributed by atoms with Crippen LogP contribution in [0.2, 0.25) is 0 Å². The van der Waals surface area contributed by atoms with Crippen molar-refractivity contribution in [3.05, 3.63) is 48.0 Å². The molecule has 6 heteroatoms. The number of phenolic OH excluding ortho intramolecular Hbond substituents is 1. The number of ether oxygens (including phenoxy) is 2. The number of methoxy groups -OCH3 is 2. The minimum Gasteiger partial charge on any atom is -0.504 e. The van der Waals surface area contributed by atoms with Gasteiger partial charge in [0, 0.05) is 37.8 Å². The van der Waals surface area contributed by atoms with Gasteiger partial charge in [-0.15, -0.1) is 0 Å². The summed E-state index contributed by atoms with van der Waals surface area (Å²) in [5, 5.41) is 9.77. The van der Waals surface area contributed by atoms with Crippen molar-refractivity contribution in [2.24, 2.45) is 0 Å². The summed E-state index contributed by atoms with van der Waals surface area (Å²) in [6, 6.07) is 13.4. The fraction of sp³-hybridized carbons (Fsp3) is 0.435. The SMILES string of the molecule is CCC(=O)N(c1ccc(OC)cc1)C1CCN(Cc2ccc(O)c(OC)c2)CC1. The fourth-order valence-electron chi connectivity index (χ4n) is 3.89. The highest BCUT2D eigenvalue weighted by atomic mass is 16.5. The average Bonchev–Trinajstić information content (AvgIpc) is 2.76. The van der Waals surface area contributed by atoms with Gasteiger partial charge in [0.1, 0.15) is 5.75 Å². The predicted octanol–water partition coefficient (Wildman–Crippen LogP) is 3.82. The maximum atomic E-state index is 12.7. The van der Waals surface area contributed by atoms with E-state index in [9.17, 15) is 9.90 Å². The van der Waals surface area contributed by atoms with Crippen LogP contribution in [0.5, 0.6) is 17.2 Å². The highest BCUT2D eigenvalue weighted by molar-refractivity contribution is 5.93. The number of hydrogen-bond acceptors (Lipinski definition) is 5. The van der Waals surface area contributed by atoms with E-state index in [4.69, 9.17) is 9.47 Å². The van der Waals surface area contributed by atoms with Crippen molar-refractivity contribution in [2.45, 2.75) is 38.8 Å². The molecule has 6 nitrogen and oxygen atoms in total. The van der Waals surface area contributed by atoms with Crippen LogP contribution in [-0.2, 0) is 11.3 Å². The molecule has 1 aliphatic heterocycles. The topological polar surface area (TPSA) is 62.2 Å². The molecule has 0 spiro atoms. The van der Waals surface area contributed by atoms with E-state index >= 15 is 0 Å². The van der Waals surface area contributed by atoms with E-state index in [0.717, 1.165) is 49.5 Å². The number of carbonyl (C=O) groups is 1. The summed E-state index contributed by atoms with van der Waals surface area (Å²) < 4.78 is 10.4. The first-order valence-electron chi connectivity index (χ1n) is 10.1. The van der Waals surface area contributed by atoms with Crippen molar-refractivity contribution >= 4 is 11.6 Å². The summed E-state index contributed by atoms with van der Waals surface area (Å²) in [5.41, 5.74) is 2.04. The van der Waals surface area contributed by atoms with Gasteiger partial charge in [-0.05, 0) is 54.8 Å². The van der Waals surface area contributed by atoms with Gasteiger partial charge in [0.2, 0.25) is 5.91 Å². The molecule has 1 aliphatic rings. The third-order valence-corrected chi connectivity index (χ3v) is 5.49. The van der Waals surface area contributed by atoms with Gasteiger partial charge in [0.15, 0.2) is 11.5 Å². The molecule has 2 aromatic carbocycles. The Kier molecular flexibility index (Phi) is 6.99. The maximum absolute atomic E-state index is 12.7. The molecule has 0 aromatic heterocycles. The van der Waals surface area contributed by atoms with Crippen LogP contribution in [0.1, 0.15) is 31.7 Å². The number of piperidine rings is 1. The molecule has 29 heavy (non-hydrogen) atoms. The second-order valence-electron chi connectivity index (χ2n) is 7.33. The monoisotopic (exact) mass is 398 g/mol. The predicted molar refractivity (Wildman–Crippen MR) is 114 cm³/mol. The van der Waals surface area contributed by atoms with E-state index in [0.29, 0.717) is 12.2 Å². The van der Waals surface area contributed by atoms with Crippen LogP contribution in [0.25, 0.3) is 0 Å². The number of amides is 1. The van der Waals surface area contributed by atoms with E-state index in [1.165, 1.54) is 0 Å². The summed E-state index contributed by atoms with van der Waals surface area (Å²) in [5.74, 6) is 1.59. The van der Waals surface area contributed by atoms with Crippen molar-refractivity contribution in [3.63, 3.8) is 0 Å². The second kappa shape index (κ2) is 9.65.